The molecule has 0 aliphatic carbocycles. The van der Waals surface area contributed by atoms with Crippen molar-refractivity contribution in [2.45, 2.75) is 12.6 Å². The summed E-state index contributed by atoms with van der Waals surface area (Å²) in [5.41, 5.74) is 0.502. The molecule has 0 aliphatic rings. The summed E-state index contributed by atoms with van der Waals surface area (Å²) in [5, 5.41) is 8.05. The second-order valence-corrected chi connectivity index (χ2v) is 9.16. The van der Waals surface area contributed by atoms with Crippen LogP contribution < -0.4 is 10.6 Å². The van der Waals surface area contributed by atoms with Gasteiger partial charge in [0.15, 0.2) is 5.78 Å². The van der Waals surface area contributed by atoms with E-state index in [0.29, 0.717) is 15.9 Å². The Labute approximate surface area is 195 Å². The van der Waals surface area contributed by atoms with Crippen molar-refractivity contribution in [1.82, 2.24) is 10.3 Å². The number of anilines is 1. The SMILES string of the molecule is CNCC(=O)Nc1c(C(=O)Cc2cccc(C(F)(F)F)c2)sc2nc(-c3cccs3)ccc12. The van der Waals surface area contributed by atoms with Gasteiger partial charge in [0, 0.05) is 11.8 Å². The van der Waals surface area contributed by atoms with Gasteiger partial charge < -0.3 is 10.6 Å². The normalized spacial score (nSPS) is 11.6. The number of ketones is 1. The molecule has 170 valence electrons. The minimum Gasteiger partial charge on any atom is -0.323 e. The molecule has 0 saturated heterocycles. The molecular formula is C23H18F3N3O2S2. The van der Waals surface area contributed by atoms with Gasteiger partial charge in [0.05, 0.1) is 33.2 Å². The van der Waals surface area contributed by atoms with Crippen molar-refractivity contribution in [2.24, 2.45) is 0 Å². The zero-order chi connectivity index (χ0) is 23.6. The maximum atomic E-state index is 13.2. The third-order valence-electron chi connectivity index (χ3n) is 4.80. The molecule has 4 rings (SSSR count). The van der Waals surface area contributed by atoms with Crippen LogP contribution in [0.3, 0.4) is 0 Å². The molecule has 0 saturated carbocycles. The van der Waals surface area contributed by atoms with Gasteiger partial charge in [-0.1, -0.05) is 24.3 Å². The van der Waals surface area contributed by atoms with Crippen molar-refractivity contribution in [3.05, 3.63) is 69.9 Å². The quantitative estimate of drug-likeness (QED) is 0.330. The lowest BCUT2D eigenvalue weighted by molar-refractivity contribution is -0.137. The molecule has 0 radical (unpaired) electrons. The van der Waals surface area contributed by atoms with Crippen LogP contribution in [-0.4, -0.2) is 30.3 Å². The molecule has 4 aromatic rings. The van der Waals surface area contributed by atoms with E-state index in [1.807, 2.05) is 23.6 Å². The number of alkyl halides is 3. The molecule has 0 unspecified atom stereocenters. The Morgan fingerprint density at radius 1 is 1.09 bits per heavy atom. The monoisotopic (exact) mass is 489 g/mol. The average Bonchev–Trinajstić information content (AvgIpc) is 3.42. The minimum absolute atomic E-state index is 0.0410. The molecule has 3 aromatic heterocycles. The molecule has 0 atom stereocenters. The van der Waals surface area contributed by atoms with Crippen molar-refractivity contribution in [1.29, 1.82) is 0 Å². The van der Waals surface area contributed by atoms with Crippen LogP contribution in [-0.2, 0) is 17.4 Å². The van der Waals surface area contributed by atoms with Crippen LogP contribution in [0.2, 0.25) is 0 Å². The number of nitrogens with one attached hydrogen (secondary N) is 2. The molecule has 1 amide bonds. The zero-order valence-electron chi connectivity index (χ0n) is 17.3. The van der Waals surface area contributed by atoms with Crippen molar-refractivity contribution < 1.29 is 22.8 Å². The molecule has 33 heavy (non-hydrogen) atoms. The predicted octanol–water partition coefficient (Wildman–Crippen LogP) is 5.63. The van der Waals surface area contributed by atoms with Crippen molar-refractivity contribution >= 4 is 50.3 Å². The first kappa shape index (κ1) is 23.1. The lowest BCUT2D eigenvalue weighted by atomic mass is 10.0. The Morgan fingerprint density at radius 2 is 1.91 bits per heavy atom. The number of likely N-dealkylation sites (N-methyl/N-ethyl adjacent to an activating group) is 1. The molecule has 0 spiro atoms. The largest absolute Gasteiger partial charge is 0.416 e. The van der Waals surface area contributed by atoms with E-state index >= 15 is 0 Å². The van der Waals surface area contributed by atoms with Crippen molar-refractivity contribution in [3.63, 3.8) is 0 Å². The first-order valence-electron chi connectivity index (χ1n) is 9.87. The van der Waals surface area contributed by atoms with E-state index in [9.17, 15) is 22.8 Å². The van der Waals surface area contributed by atoms with Crippen LogP contribution in [0.4, 0.5) is 18.9 Å². The van der Waals surface area contributed by atoms with Gasteiger partial charge in [-0.2, -0.15) is 13.2 Å². The number of aromatic nitrogens is 1. The summed E-state index contributed by atoms with van der Waals surface area (Å²) >= 11 is 2.65. The van der Waals surface area contributed by atoms with Crippen LogP contribution in [0.15, 0.2) is 53.9 Å². The van der Waals surface area contributed by atoms with Gasteiger partial charge >= 0.3 is 6.18 Å². The van der Waals surface area contributed by atoms with E-state index in [4.69, 9.17) is 0 Å². The van der Waals surface area contributed by atoms with E-state index in [0.717, 1.165) is 34.0 Å². The Hall–Kier alpha value is -3.08. The highest BCUT2D eigenvalue weighted by molar-refractivity contribution is 7.21. The Bertz CT molecular complexity index is 1310. The molecule has 0 bridgehead atoms. The number of hydrogen-bond donors (Lipinski definition) is 2. The minimum atomic E-state index is -4.49. The fraction of sp³-hybridized carbons (Fsp3) is 0.174. The molecule has 0 fully saturated rings. The summed E-state index contributed by atoms with van der Waals surface area (Å²) in [6.45, 7) is 0.0410. The number of pyridine rings is 1. The first-order valence-corrected chi connectivity index (χ1v) is 11.6. The van der Waals surface area contributed by atoms with Gasteiger partial charge in [0.25, 0.3) is 0 Å². The van der Waals surface area contributed by atoms with Crippen LogP contribution in [0.25, 0.3) is 20.8 Å². The van der Waals surface area contributed by atoms with Gasteiger partial charge in [-0.05, 0) is 42.3 Å². The van der Waals surface area contributed by atoms with E-state index in [-0.39, 0.29) is 29.3 Å². The maximum Gasteiger partial charge on any atom is 0.416 e. The molecular weight excluding hydrogens is 471 g/mol. The second kappa shape index (κ2) is 9.42. The predicted molar refractivity (Wildman–Crippen MR) is 125 cm³/mol. The zero-order valence-corrected chi connectivity index (χ0v) is 19.0. The number of benzene rings is 1. The molecule has 1 aromatic carbocycles. The number of Topliss-reactive ketones (excluding diaryl/α,β-unsaturated/α-hetero) is 1. The van der Waals surface area contributed by atoms with Gasteiger partial charge in [-0.3, -0.25) is 9.59 Å². The standard InChI is InChI=1S/C23H18F3N3O2S2/c1-27-12-19(31)29-20-15-7-8-16(18-6-3-9-32-18)28-22(15)33-21(20)17(30)11-13-4-2-5-14(10-13)23(24,25)26/h2-10,27H,11-12H2,1H3,(H,29,31). The number of rotatable bonds is 7. The van der Waals surface area contributed by atoms with Gasteiger partial charge in [0.1, 0.15) is 4.83 Å². The Kier molecular flexibility index (Phi) is 6.59. The maximum absolute atomic E-state index is 13.2. The number of fused-ring (bicyclic) bond motifs is 1. The fourth-order valence-corrected chi connectivity index (χ4v) is 5.09. The van der Waals surface area contributed by atoms with Crippen LogP contribution in [0.1, 0.15) is 20.8 Å². The number of nitrogens with zero attached hydrogens (tertiary/aromatic N) is 1. The highest BCUT2D eigenvalue weighted by Crippen LogP contribution is 2.38. The van der Waals surface area contributed by atoms with Gasteiger partial charge in [-0.25, -0.2) is 4.98 Å². The molecule has 10 heteroatoms. The number of halogens is 3. The summed E-state index contributed by atoms with van der Waals surface area (Å²) in [4.78, 5) is 31.9. The number of thiophene rings is 2. The van der Waals surface area contributed by atoms with Crippen LogP contribution in [0, 0.1) is 0 Å². The number of hydrogen-bond acceptors (Lipinski definition) is 6. The first-order chi connectivity index (χ1) is 15.8. The highest BCUT2D eigenvalue weighted by atomic mass is 32.1. The van der Waals surface area contributed by atoms with Gasteiger partial charge in [0.2, 0.25) is 5.91 Å². The molecule has 2 N–H and O–H groups in total. The summed E-state index contributed by atoms with van der Waals surface area (Å²) in [6, 6.07) is 12.1. The Morgan fingerprint density at radius 3 is 2.61 bits per heavy atom. The third-order valence-corrected chi connectivity index (χ3v) is 6.84. The summed E-state index contributed by atoms with van der Waals surface area (Å²) in [7, 11) is 1.62. The summed E-state index contributed by atoms with van der Waals surface area (Å²) in [5.74, 6) is -0.734. The lowest BCUT2D eigenvalue weighted by Crippen LogP contribution is -2.25. The van der Waals surface area contributed by atoms with E-state index in [1.54, 1.807) is 13.1 Å². The molecule has 3 heterocycles. The van der Waals surface area contributed by atoms with Crippen molar-refractivity contribution in [3.8, 4) is 10.6 Å². The van der Waals surface area contributed by atoms with E-state index in [2.05, 4.69) is 15.6 Å². The Balaban J connectivity index is 1.73. The van der Waals surface area contributed by atoms with Crippen LogP contribution >= 0.6 is 22.7 Å². The van der Waals surface area contributed by atoms with E-state index in [1.165, 1.54) is 23.5 Å². The van der Waals surface area contributed by atoms with Crippen LogP contribution in [0.5, 0.6) is 0 Å². The molecule has 0 aliphatic heterocycles. The smallest absolute Gasteiger partial charge is 0.323 e. The van der Waals surface area contributed by atoms with Crippen molar-refractivity contribution in [2.75, 3.05) is 18.9 Å². The fourth-order valence-electron chi connectivity index (χ4n) is 3.33. The molecule has 5 nitrogen and oxygen atoms in total. The second-order valence-electron chi connectivity index (χ2n) is 7.21. The number of carbonyl (C=O) groups is 2. The lowest BCUT2D eigenvalue weighted by Gasteiger charge is -2.09. The topological polar surface area (TPSA) is 71.1 Å². The number of amides is 1. The highest BCUT2D eigenvalue weighted by Gasteiger charge is 2.30. The van der Waals surface area contributed by atoms with E-state index < -0.39 is 17.5 Å². The average molecular weight is 490 g/mol. The number of carbonyl (C=O) groups excluding carboxylic acids is 2. The van der Waals surface area contributed by atoms with Gasteiger partial charge in [-0.15, -0.1) is 22.7 Å². The third kappa shape index (κ3) is 5.13. The summed E-state index contributed by atoms with van der Waals surface area (Å²) in [6.07, 6.45) is -4.73. The summed E-state index contributed by atoms with van der Waals surface area (Å²) < 4.78 is 39.2.